The van der Waals surface area contributed by atoms with Crippen LogP contribution in [0.25, 0.3) is 0 Å². The van der Waals surface area contributed by atoms with Crippen molar-refractivity contribution in [3.63, 3.8) is 0 Å². The van der Waals surface area contributed by atoms with E-state index in [9.17, 15) is 5.11 Å². The quantitative estimate of drug-likeness (QED) is 0.642. The fourth-order valence-corrected chi connectivity index (χ4v) is 1.74. The summed E-state index contributed by atoms with van der Waals surface area (Å²) in [4.78, 5) is 2.37. The minimum atomic E-state index is -0.372. The lowest BCUT2D eigenvalue weighted by atomic mass is 10.1. The van der Waals surface area contributed by atoms with Gasteiger partial charge >= 0.3 is 0 Å². The van der Waals surface area contributed by atoms with E-state index in [0.29, 0.717) is 12.6 Å². The van der Waals surface area contributed by atoms with Gasteiger partial charge in [0, 0.05) is 12.6 Å². The van der Waals surface area contributed by atoms with E-state index in [4.69, 9.17) is 4.74 Å². The van der Waals surface area contributed by atoms with Crippen molar-refractivity contribution < 1.29 is 9.84 Å². The third-order valence-electron chi connectivity index (χ3n) is 3.08. The fourth-order valence-electron chi connectivity index (χ4n) is 1.74. The Bertz CT molecular complexity index is 174. The van der Waals surface area contributed by atoms with E-state index in [-0.39, 0.29) is 12.2 Å². The van der Waals surface area contributed by atoms with Gasteiger partial charge in [-0.05, 0) is 40.2 Å². The summed E-state index contributed by atoms with van der Waals surface area (Å²) >= 11 is 0. The van der Waals surface area contributed by atoms with Crippen molar-refractivity contribution in [2.24, 2.45) is 0 Å². The summed E-state index contributed by atoms with van der Waals surface area (Å²) in [5.74, 6) is 0. The van der Waals surface area contributed by atoms with Crippen molar-refractivity contribution >= 4 is 0 Å². The summed E-state index contributed by atoms with van der Waals surface area (Å²) in [6.07, 6.45) is 3.34. The summed E-state index contributed by atoms with van der Waals surface area (Å²) in [6.45, 7) is 12.9. The van der Waals surface area contributed by atoms with Gasteiger partial charge < -0.3 is 9.84 Å². The highest BCUT2D eigenvalue weighted by Crippen LogP contribution is 2.07. The summed E-state index contributed by atoms with van der Waals surface area (Å²) < 4.78 is 5.45. The highest BCUT2D eigenvalue weighted by atomic mass is 16.5. The minimum absolute atomic E-state index is 0.192. The fraction of sp³-hybridized carbons (Fsp3) is 1.00. The molecule has 0 rings (SSSR count). The summed E-state index contributed by atoms with van der Waals surface area (Å²) in [5.41, 5.74) is 0. The van der Waals surface area contributed by atoms with E-state index in [1.165, 1.54) is 12.8 Å². The van der Waals surface area contributed by atoms with Crippen LogP contribution in [0.3, 0.4) is 0 Å². The average molecular weight is 245 g/mol. The van der Waals surface area contributed by atoms with Crippen LogP contribution in [-0.2, 0) is 4.74 Å². The largest absolute Gasteiger partial charge is 0.389 e. The first-order chi connectivity index (χ1) is 8.01. The van der Waals surface area contributed by atoms with Gasteiger partial charge in [-0.3, -0.25) is 4.90 Å². The molecule has 0 aliphatic rings. The van der Waals surface area contributed by atoms with Gasteiger partial charge in [0.2, 0.25) is 0 Å². The van der Waals surface area contributed by atoms with E-state index in [0.717, 1.165) is 19.5 Å². The van der Waals surface area contributed by atoms with Crippen LogP contribution in [0.1, 0.15) is 53.9 Å². The standard InChI is InChI=1S/C14H31NO2/c1-6-8-9-15(13(5)7-2)10-14(16)11-17-12(3)4/h12-14,16H,6-11H2,1-5H3/t13-,14-/m0/s1. The molecular weight excluding hydrogens is 214 g/mol. The predicted octanol–water partition coefficient (Wildman–Crippen LogP) is 2.67. The Kier molecular flexibility index (Phi) is 9.79. The molecule has 0 fully saturated rings. The normalized spacial score (nSPS) is 15.5. The molecule has 3 heteroatoms. The second kappa shape index (κ2) is 9.86. The number of rotatable bonds is 10. The second-order valence-electron chi connectivity index (χ2n) is 5.14. The van der Waals surface area contributed by atoms with Crippen molar-refractivity contribution in [3.05, 3.63) is 0 Å². The lowest BCUT2D eigenvalue weighted by molar-refractivity contribution is -0.0136. The SMILES string of the molecule is CCCCN(C[C@H](O)COC(C)C)[C@@H](C)CC. The van der Waals surface area contributed by atoms with Crippen LogP contribution in [0.2, 0.25) is 0 Å². The van der Waals surface area contributed by atoms with E-state index >= 15 is 0 Å². The van der Waals surface area contributed by atoms with Crippen molar-refractivity contribution in [2.45, 2.75) is 72.1 Å². The molecule has 17 heavy (non-hydrogen) atoms. The first-order valence-electron chi connectivity index (χ1n) is 7.04. The van der Waals surface area contributed by atoms with Crippen LogP contribution >= 0.6 is 0 Å². The van der Waals surface area contributed by atoms with Crippen LogP contribution in [0.4, 0.5) is 0 Å². The Morgan fingerprint density at radius 1 is 1.18 bits per heavy atom. The van der Waals surface area contributed by atoms with Crippen molar-refractivity contribution in [2.75, 3.05) is 19.7 Å². The molecule has 104 valence electrons. The van der Waals surface area contributed by atoms with Gasteiger partial charge in [-0.1, -0.05) is 20.3 Å². The molecular formula is C14H31NO2. The zero-order valence-electron chi connectivity index (χ0n) is 12.3. The minimum Gasteiger partial charge on any atom is -0.389 e. The Hall–Kier alpha value is -0.120. The van der Waals surface area contributed by atoms with Crippen LogP contribution in [0, 0.1) is 0 Å². The summed E-state index contributed by atoms with van der Waals surface area (Å²) in [5, 5.41) is 9.95. The summed E-state index contributed by atoms with van der Waals surface area (Å²) in [7, 11) is 0. The van der Waals surface area contributed by atoms with Crippen LogP contribution in [0.5, 0.6) is 0 Å². The molecule has 0 aromatic heterocycles. The molecule has 0 heterocycles. The predicted molar refractivity (Wildman–Crippen MR) is 73.3 cm³/mol. The van der Waals surface area contributed by atoms with Gasteiger partial charge in [-0.2, -0.15) is 0 Å². The molecule has 0 spiro atoms. The van der Waals surface area contributed by atoms with Gasteiger partial charge in [0.15, 0.2) is 0 Å². The van der Waals surface area contributed by atoms with Gasteiger partial charge in [0.1, 0.15) is 0 Å². The molecule has 0 bridgehead atoms. The number of nitrogens with zero attached hydrogens (tertiary/aromatic N) is 1. The molecule has 0 amide bonds. The first kappa shape index (κ1) is 16.9. The van der Waals surface area contributed by atoms with E-state index in [1.54, 1.807) is 0 Å². The van der Waals surface area contributed by atoms with E-state index in [1.807, 2.05) is 13.8 Å². The summed E-state index contributed by atoms with van der Waals surface area (Å²) in [6, 6.07) is 0.537. The van der Waals surface area contributed by atoms with Crippen molar-refractivity contribution in [1.29, 1.82) is 0 Å². The van der Waals surface area contributed by atoms with Crippen molar-refractivity contribution in [1.82, 2.24) is 4.90 Å². The maximum Gasteiger partial charge on any atom is 0.0900 e. The Morgan fingerprint density at radius 2 is 1.82 bits per heavy atom. The van der Waals surface area contributed by atoms with E-state index < -0.39 is 0 Å². The van der Waals surface area contributed by atoms with Crippen LogP contribution in [-0.4, -0.2) is 48.0 Å². The van der Waals surface area contributed by atoms with Gasteiger partial charge in [-0.15, -0.1) is 0 Å². The number of hydrogen-bond acceptors (Lipinski definition) is 3. The maximum absolute atomic E-state index is 9.95. The molecule has 1 N–H and O–H groups in total. The lowest BCUT2D eigenvalue weighted by Gasteiger charge is -2.30. The van der Waals surface area contributed by atoms with Gasteiger partial charge in [0.25, 0.3) is 0 Å². The zero-order valence-corrected chi connectivity index (χ0v) is 12.3. The highest BCUT2D eigenvalue weighted by molar-refractivity contribution is 4.70. The molecule has 0 aliphatic carbocycles. The third kappa shape index (κ3) is 8.58. The number of aliphatic hydroxyl groups is 1. The Morgan fingerprint density at radius 3 is 2.29 bits per heavy atom. The van der Waals surface area contributed by atoms with E-state index in [2.05, 4.69) is 25.7 Å². The van der Waals surface area contributed by atoms with Crippen LogP contribution in [0.15, 0.2) is 0 Å². The smallest absolute Gasteiger partial charge is 0.0900 e. The first-order valence-corrected chi connectivity index (χ1v) is 7.04. The van der Waals surface area contributed by atoms with Gasteiger partial charge in [0.05, 0.1) is 18.8 Å². The highest BCUT2D eigenvalue weighted by Gasteiger charge is 2.16. The average Bonchev–Trinajstić information content (AvgIpc) is 2.30. The third-order valence-corrected chi connectivity index (χ3v) is 3.08. The van der Waals surface area contributed by atoms with Gasteiger partial charge in [-0.25, -0.2) is 0 Å². The molecule has 2 atom stereocenters. The Labute approximate surface area is 107 Å². The topological polar surface area (TPSA) is 32.7 Å². The number of unbranched alkanes of at least 4 members (excludes halogenated alkanes) is 1. The molecule has 0 saturated heterocycles. The number of ether oxygens (including phenoxy) is 1. The molecule has 0 unspecified atom stereocenters. The number of aliphatic hydroxyl groups excluding tert-OH is 1. The molecule has 0 radical (unpaired) electrons. The Balaban J connectivity index is 4.03. The molecule has 0 saturated carbocycles. The zero-order chi connectivity index (χ0) is 13.3. The molecule has 0 aromatic rings. The van der Waals surface area contributed by atoms with Crippen LogP contribution < -0.4 is 0 Å². The lowest BCUT2D eigenvalue weighted by Crippen LogP contribution is -2.41. The molecule has 3 nitrogen and oxygen atoms in total. The maximum atomic E-state index is 9.95. The molecule has 0 aromatic carbocycles. The van der Waals surface area contributed by atoms with Crippen molar-refractivity contribution in [3.8, 4) is 0 Å². The second-order valence-corrected chi connectivity index (χ2v) is 5.14. The number of hydrogen-bond donors (Lipinski definition) is 1. The monoisotopic (exact) mass is 245 g/mol. The molecule has 0 aliphatic heterocycles.